The second-order valence-corrected chi connectivity index (χ2v) is 9.12. The maximum absolute atomic E-state index is 12.4. The molecule has 150 valence electrons. The molecule has 0 unspecified atom stereocenters. The summed E-state index contributed by atoms with van der Waals surface area (Å²) in [4.78, 5) is 50.2. The molecule has 0 aliphatic carbocycles. The van der Waals surface area contributed by atoms with Gasteiger partial charge in [0.25, 0.3) is 17.7 Å². The van der Waals surface area contributed by atoms with E-state index in [1.807, 2.05) is 0 Å². The standard InChI is InChI=1S/C18H20N2O7S/c1-10(20-16(22)13-5-3-4-6-14(13)17(20)23)18(24)27-11(2)15(21)19-12-7-8-28(25,26)9-12/h3-6,10-12H,7-9H2,1-2H3,(H,19,21)/t10-,11+,12-/m1/s1. The van der Waals surface area contributed by atoms with Gasteiger partial charge in [0, 0.05) is 6.04 Å². The van der Waals surface area contributed by atoms with Gasteiger partial charge in [-0.3, -0.25) is 19.3 Å². The van der Waals surface area contributed by atoms with Gasteiger partial charge in [0.1, 0.15) is 6.04 Å². The van der Waals surface area contributed by atoms with Crippen LogP contribution in [0.3, 0.4) is 0 Å². The molecule has 10 heteroatoms. The highest BCUT2D eigenvalue weighted by molar-refractivity contribution is 7.91. The third-order valence-electron chi connectivity index (χ3n) is 4.79. The van der Waals surface area contributed by atoms with E-state index in [1.54, 1.807) is 12.1 Å². The molecule has 1 saturated heterocycles. The van der Waals surface area contributed by atoms with Crippen molar-refractivity contribution in [1.82, 2.24) is 10.2 Å². The Morgan fingerprint density at radius 2 is 1.71 bits per heavy atom. The maximum Gasteiger partial charge on any atom is 0.329 e. The van der Waals surface area contributed by atoms with Gasteiger partial charge in [0.2, 0.25) is 0 Å². The lowest BCUT2D eigenvalue weighted by molar-refractivity contribution is -0.158. The third kappa shape index (κ3) is 3.77. The largest absolute Gasteiger partial charge is 0.451 e. The Kier molecular flexibility index (Phi) is 5.24. The molecule has 28 heavy (non-hydrogen) atoms. The van der Waals surface area contributed by atoms with E-state index in [2.05, 4.69) is 5.32 Å². The minimum Gasteiger partial charge on any atom is -0.451 e. The molecule has 3 atom stereocenters. The van der Waals surface area contributed by atoms with Crippen molar-refractivity contribution in [3.05, 3.63) is 35.4 Å². The summed E-state index contributed by atoms with van der Waals surface area (Å²) in [5, 5.41) is 2.54. The van der Waals surface area contributed by atoms with Crippen LogP contribution < -0.4 is 5.32 Å². The van der Waals surface area contributed by atoms with E-state index >= 15 is 0 Å². The number of carbonyl (C=O) groups excluding carboxylic acids is 4. The highest BCUT2D eigenvalue weighted by atomic mass is 32.2. The lowest BCUT2D eigenvalue weighted by Gasteiger charge is -2.23. The van der Waals surface area contributed by atoms with Gasteiger partial charge in [-0.15, -0.1) is 0 Å². The van der Waals surface area contributed by atoms with E-state index in [1.165, 1.54) is 26.0 Å². The average Bonchev–Trinajstić information content (AvgIpc) is 3.11. The Morgan fingerprint density at radius 3 is 2.21 bits per heavy atom. The minimum absolute atomic E-state index is 0.00287. The van der Waals surface area contributed by atoms with Crippen LogP contribution in [0, 0.1) is 0 Å². The number of sulfone groups is 1. The molecule has 0 spiro atoms. The molecular weight excluding hydrogens is 388 g/mol. The summed E-state index contributed by atoms with van der Waals surface area (Å²) in [5.41, 5.74) is 0.417. The Balaban J connectivity index is 1.61. The molecular formula is C18H20N2O7S. The summed E-state index contributed by atoms with van der Waals surface area (Å²) in [6, 6.07) is 4.50. The molecule has 0 aromatic heterocycles. The van der Waals surface area contributed by atoms with Gasteiger partial charge in [-0.05, 0) is 32.4 Å². The third-order valence-corrected chi connectivity index (χ3v) is 6.56. The number of fused-ring (bicyclic) bond motifs is 1. The lowest BCUT2D eigenvalue weighted by Crippen LogP contribution is -2.47. The van der Waals surface area contributed by atoms with Crippen molar-refractivity contribution in [3.63, 3.8) is 0 Å². The van der Waals surface area contributed by atoms with E-state index in [0.717, 1.165) is 4.90 Å². The van der Waals surface area contributed by atoms with Crippen LogP contribution in [0.1, 0.15) is 41.0 Å². The number of hydrogen-bond donors (Lipinski definition) is 1. The highest BCUT2D eigenvalue weighted by Crippen LogP contribution is 2.25. The van der Waals surface area contributed by atoms with Crippen LogP contribution in [0.2, 0.25) is 0 Å². The number of ether oxygens (including phenoxy) is 1. The van der Waals surface area contributed by atoms with Crippen LogP contribution >= 0.6 is 0 Å². The molecule has 1 N–H and O–H groups in total. The molecule has 3 rings (SSSR count). The Morgan fingerprint density at radius 1 is 1.14 bits per heavy atom. The Labute approximate surface area is 161 Å². The monoisotopic (exact) mass is 408 g/mol. The van der Waals surface area contributed by atoms with Crippen LogP contribution in [-0.4, -0.2) is 66.7 Å². The van der Waals surface area contributed by atoms with Gasteiger partial charge in [-0.2, -0.15) is 0 Å². The Hall–Kier alpha value is -2.75. The highest BCUT2D eigenvalue weighted by Gasteiger charge is 2.42. The van der Waals surface area contributed by atoms with Crippen LogP contribution in [0.25, 0.3) is 0 Å². The summed E-state index contributed by atoms with van der Waals surface area (Å²) >= 11 is 0. The molecule has 0 bridgehead atoms. The van der Waals surface area contributed by atoms with Gasteiger partial charge in [-0.25, -0.2) is 13.2 Å². The lowest BCUT2D eigenvalue weighted by atomic mass is 10.1. The molecule has 3 amide bonds. The molecule has 0 radical (unpaired) electrons. The molecule has 1 fully saturated rings. The fourth-order valence-electron chi connectivity index (χ4n) is 3.22. The first-order valence-electron chi connectivity index (χ1n) is 8.79. The predicted octanol–water partition coefficient (Wildman–Crippen LogP) is -0.0939. The van der Waals surface area contributed by atoms with E-state index in [9.17, 15) is 27.6 Å². The van der Waals surface area contributed by atoms with Gasteiger partial charge >= 0.3 is 5.97 Å². The first-order valence-corrected chi connectivity index (χ1v) is 10.6. The zero-order chi connectivity index (χ0) is 20.6. The second kappa shape index (κ2) is 7.34. The van der Waals surface area contributed by atoms with E-state index in [0.29, 0.717) is 6.42 Å². The number of imide groups is 1. The molecule has 1 aromatic carbocycles. The van der Waals surface area contributed by atoms with E-state index < -0.39 is 51.7 Å². The number of carbonyl (C=O) groups is 4. The summed E-state index contributed by atoms with van der Waals surface area (Å²) in [5.74, 6) is -2.88. The van der Waals surface area contributed by atoms with Crippen molar-refractivity contribution in [2.75, 3.05) is 11.5 Å². The van der Waals surface area contributed by atoms with Gasteiger partial charge in [-0.1, -0.05) is 12.1 Å². The molecule has 0 saturated carbocycles. The van der Waals surface area contributed by atoms with Crippen LogP contribution in [-0.2, 0) is 24.2 Å². The number of nitrogens with zero attached hydrogens (tertiary/aromatic N) is 1. The minimum atomic E-state index is -3.16. The number of rotatable bonds is 5. The number of hydrogen-bond acceptors (Lipinski definition) is 7. The normalized spacial score (nSPS) is 22.5. The first-order chi connectivity index (χ1) is 13.1. The van der Waals surface area contributed by atoms with Crippen molar-refractivity contribution in [2.24, 2.45) is 0 Å². The van der Waals surface area contributed by atoms with Crippen LogP contribution in [0.15, 0.2) is 24.3 Å². The van der Waals surface area contributed by atoms with Crippen LogP contribution in [0.5, 0.6) is 0 Å². The zero-order valence-corrected chi connectivity index (χ0v) is 16.2. The van der Waals surface area contributed by atoms with Crippen molar-refractivity contribution < 1.29 is 32.3 Å². The van der Waals surface area contributed by atoms with Crippen LogP contribution in [0.4, 0.5) is 0 Å². The summed E-state index contributed by atoms with van der Waals surface area (Å²) in [6.07, 6.45) is -0.895. The van der Waals surface area contributed by atoms with Crippen molar-refractivity contribution in [1.29, 1.82) is 0 Å². The number of benzene rings is 1. The molecule has 2 aliphatic rings. The average molecular weight is 408 g/mol. The quantitative estimate of drug-likeness (QED) is 0.533. The molecule has 9 nitrogen and oxygen atoms in total. The van der Waals surface area contributed by atoms with E-state index in [-0.39, 0.29) is 22.6 Å². The van der Waals surface area contributed by atoms with Crippen molar-refractivity contribution >= 4 is 33.5 Å². The molecule has 1 aromatic rings. The van der Waals surface area contributed by atoms with Crippen molar-refractivity contribution in [2.45, 2.75) is 38.5 Å². The summed E-state index contributed by atoms with van der Waals surface area (Å²) in [6.45, 7) is 2.68. The summed E-state index contributed by atoms with van der Waals surface area (Å²) < 4.78 is 28.0. The second-order valence-electron chi connectivity index (χ2n) is 6.89. The molecule has 2 heterocycles. The maximum atomic E-state index is 12.4. The Bertz CT molecular complexity index is 921. The fraction of sp³-hybridized carbons (Fsp3) is 0.444. The van der Waals surface area contributed by atoms with Gasteiger partial charge < -0.3 is 10.1 Å². The fourth-order valence-corrected chi connectivity index (χ4v) is 4.89. The zero-order valence-electron chi connectivity index (χ0n) is 15.4. The number of amides is 3. The topological polar surface area (TPSA) is 127 Å². The SMILES string of the molecule is C[C@H](OC(=O)[C@@H](C)N1C(=O)c2ccccc2C1=O)C(=O)N[C@@H]1CCS(=O)(=O)C1. The smallest absolute Gasteiger partial charge is 0.329 e. The van der Waals surface area contributed by atoms with Gasteiger partial charge in [0.05, 0.1) is 22.6 Å². The van der Waals surface area contributed by atoms with E-state index in [4.69, 9.17) is 4.74 Å². The van der Waals surface area contributed by atoms with Crippen molar-refractivity contribution in [3.8, 4) is 0 Å². The van der Waals surface area contributed by atoms with Gasteiger partial charge in [0.15, 0.2) is 15.9 Å². The number of esters is 1. The summed E-state index contributed by atoms with van der Waals surface area (Å²) in [7, 11) is -3.16. The molecule has 2 aliphatic heterocycles. The number of nitrogens with one attached hydrogen (secondary N) is 1. The first kappa shape index (κ1) is 20.0. The predicted molar refractivity (Wildman–Crippen MR) is 97.2 cm³/mol.